The molecular weight excluding hydrogens is 332 g/mol. The van der Waals surface area contributed by atoms with Gasteiger partial charge >= 0.3 is 0 Å². The van der Waals surface area contributed by atoms with Crippen molar-refractivity contribution >= 4 is 45.2 Å². The molecule has 4 nitrogen and oxygen atoms in total. The molecule has 0 fully saturated rings. The lowest BCUT2D eigenvalue weighted by atomic mass is 10.2. The topological polar surface area (TPSA) is 68.3 Å². The average molecular weight is 348 g/mol. The van der Waals surface area contributed by atoms with Crippen molar-refractivity contribution in [2.24, 2.45) is 5.73 Å². The Bertz CT molecular complexity index is 557. The quantitative estimate of drug-likeness (QED) is 0.817. The number of nitrogens with two attached hydrogens (primary N) is 1. The third kappa shape index (κ3) is 4.23. The van der Waals surface area contributed by atoms with Crippen molar-refractivity contribution in [2.75, 3.05) is 13.1 Å². The molecule has 0 spiro atoms. The molecule has 0 radical (unpaired) electrons. The van der Waals surface area contributed by atoms with Crippen LogP contribution in [-0.2, 0) is 0 Å². The minimum absolute atomic E-state index is 0. The Kier molecular flexibility index (Phi) is 6.34. The van der Waals surface area contributed by atoms with Crippen LogP contribution in [0.5, 0.6) is 0 Å². The van der Waals surface area contributed by atoms with Crippen LogP contribution in [0.4, 0.5) is 0 Å². The van der Waals surface area contributed by atoms with E-state index in [0.717, 1.165) is 22.7 Å². The Morgan fingerprint density at radius 3 is 2.84 bits per heavy atom. The SMILES string of the molecule is Cl.NCCCCNC(=O)c1cc2cc(Br)ccc2o1. The van der Waals surface area contributed by atoms with Crippen LogP contribution in [0.1, 0.15) is 23.4 Å². The summed E-state index contributed by atoms with van der Waals surface area (Å²) in [6, 6.07) is 7.39. The smallest absolute Gasteiger partial charge is 0.287 e. The highest BCUT2D eigenvalue weighted by molar-refractivity contribution is 9.10. The molecule has 1 heterocycles. The fourth-order valence-electron chi connectivity index (χ4n) is 1.68. The number of benzene rings is 1. The van der Waals surface area contributed by atoms with Gasteiger partial charge in [-0.2, -0.15) is 0 Å². The second-order valence-electron chi connectivity index (χ2n) is 4.04. The van der Waals surface area contributed by atoms with Gasteiger partial charge in [0.1, 0.15) is 5.58 Å². The molecule has 0 aliphatic heterocycles. The molecule has 0 bridgehead atoms. The summed E-state index contributed by atoms with van der Waals surface area (Å²) in [5.41, 5.74) is 6.10. The summed E-state index contributed by atoms with van der Waals surface area (Å²) in [6.07, 6.45) is 1.79. The van der Waals surface area contributed by atoms with Gasteiger partial charge in [-0.1, -0.05) is 15.9 Å². The Balaban J connectivity index is 0.00000180. The van der Waals surface area contributed by atoms with E-state index >= 15 is 0 Å². The Hall–Kier alpha value is -1.04. The van der Waals surface area contributed by atoms with Crippen LogP contribution in [0.15, 0.2) is 33.2 Å². The number of fused-ring (bicyclic) bond motifs is 1. The first-order valence-electron chi connectivity index (χ1n) is 5.88. The van der Waals surface area contributed by atoms with Gasteiger partial charge in [-0.3, -0.25) is 4.79 Å². The fourth-order valence-corrected chi connectivity index (χ4v) is 2.06. The predicted octanol–water partition coefficient (Wildman–Crippen LogP) is 3.09. The number of hydrogen-bond acceptors (Lipinski definition) is 3. The number of carbonyl (C=O) groups excluding carboxylic acids is 1. The predicted molar refractivity (Wildman–Crippen MR) is 81.8 cm³/mol. The van der Waals surface area contributed by atoms with E-state index < -0.39 is 0 Å². The van der Waals surface area contributed by atoms with Crippen molar-refractivity contribution in [1.29, 1.82) is 0 Å². The van der Waals surface area contributed by atoms with E-state index in [4.69, 9.17) is 10.2 Å². The van der Waals surface area contributed by atoms with Gasteiger partial charge in [-0.25, -0.2) is 0 Å². The van der Waals surface area contributed by atoms with Crippen LogP contribution in [0, 0.1) is 0 Å². The van der Waals surface area contributed by atoms with Gasteiger partial charge in [0.2, 0.25) is 0 Å². The standard InChI is InChI=1S/C13H15BrN2O2.ClH/c14-10-3-4-11-9(7-10)8-12(18-11)13(17)16-6-2-1-5-15;/h3-4,7-8H,1-2,5-6,15H2,(H,16,17);1H. The second-order valence-corrected chi connectivity index (χ2v) is 4.96. The number of hydrogen-bond donors (Lipinski definition) is 2. The number of amides is 1. The van der Waals surface area contributed by atoms with Crippen molar-refractivity contribution in [1.82, 2.24) is 5.32 Å². The molecule has 1 aromatic carbocycles. The third-order valence-electron chi connectivity index (χ3n) is 2.62. The molecule has 0 aliphatic rings. The molecule has 0 atom stereocenters. The third-order valence-corrected chi connectivity index (χ3v) is 3.11. The van der Waals surface area contributed by atoms with E-state index in [0.29, 0.717) is 24.4 Å². The van der Waals surface area contributed by atoms with Crippen molar-refractivity contribution in [3.63, 3.8) is 0 Å². The molecular formula is C13H16BrClN2O2. The number of unbranched alkanes of at least 4 members (excludes halogenated alkanes) is 1. The van der Waals surface area contributed by atoms with Gasteiger partial charge in [-0.05, 0) is 43.7 Å². The first-order valence-corrected chi connectivity index (χ1v) is 6.67. The summed E-state index contributed by atoms with van der Waals surface area (Å²) in [4.78, 5) is 11.8. The van der Waals surface area contributed by atoms with Crippen LogP contribution < -0.4 is 11.1 Å². The maximum Gasteiger partial charge on any atom is 0.287 e. The summed E-state index contributed by atoms with van der Waals surface area (Å²) in [5, 5.41) is 3.72. The van der Waals surface area contributed by atoms with Crippen molar-refractivity contribution in [3.8, 4) is 0 Å². The Morgan fingerprint density at radius 2 is 2.11 bits per heavy atom. The van der Waals surface area contributed by atoms with Crippen molar-refractivity contribution in [3.05, 3.63) is 34.5 Å². The number of nitrogens with one attached hydrogen (secondary N) is 1. The zero-order chi connectivity index (χ0) is 13.0. The van der Waals surface area contributed by atoms with Gasteiger partial charge in [0, 0.05) is 16.4 Å². The Labute approximate surface area is 126 Å². The fraction of sp³-hybridized carbons (Fsp3) is 0.308. The second kappa shape index (κ2) is 7.53. The zero-order valence-corrected chi connectivity index (χ0v) is 12.7. The monoisotopic (exact) mass is 346 g/mol. The van der Waals surface area contributed by atoms with E-state index in [9.17, 15) is 4.79 Å². The van der Waals surface area contributed by atoms with Crippen LogP contribution in [-0.4, -0.2) is 19.0 Å². The minimum atomic E-state index is -0.181. The van der Waals surface area contributed by atoms with E-state index in [1.165, 1.54) is 0 Å². The van der Waals surface area contributed by atoms with Crippen LogP contribution in [0.25, 0.3) is 11.0 Å². The van der Waals surface area contributed by atoms with Gasteiger partial charge in [0.25, 0.3) is 5.91 Å². The first-order chi connectivity index (χ1) is 8.70. The number of furan rings is 1. The van der Waals surface area contributed by atoms with E-state index in [2.05, 4.69) is 21.2 Å². The van der Waals surface area contributed by atoms with Crippen LogP contribution >= 0.6 is 28.3 Å². The Morgan fingerprint density at radius 1 is 1.32 bits per heavy atom. The summed E-state index contributed by atoms with van der Waals surface area (Å²) in [7, 11) is 0. The molecule has 1 aromatic heterocycles. The number of halogens is 2. The van der Waals surface area contributed by atoms with Crippen LogP contribution in [0.3, 0.4) is 0 Å². The van der Waals surface area contributed by atoms with Gasteiger partial charge in [-0.15, -0.1) is 12.4 Å². The first kappa shape index (κ1) is 16.0. The lowest BCUT2D eigenvalue weighted by molar-refractivity contribution is 0.0927. The maximum atomic E-state index is 11.8. The van der Waals surface area contributed by atoms with E-state index in [1.54, 1.807) is 6.07 Å². The lowest BCUT2D eigenvalue weighted by Gasteiger charge is -2.01. The molecule has 2 rings (SSSR count). The van der Waals surface area contributed by atoms with Gasteiger partial charge in [0.05, 0.1) is 0 Å². The highest BCUT2D eigenvalue weighted by atomic mass is 79.9. The number of carbonyl (C=O) groups is 1. The van der Waals surface area contributed by atoms with Crippen molar-refractivity contribution < 1.29 is 9.21 Å². The average Bonchev–Trinajstić information content (AvgIpc) is 2.77. The molecule has 0 saturated carbocycles. The zero-order valence-electron chi connectivity index (χ0n) is 10.3. The molecule has 3 N–H and O–H groups in total. The summed E-state index contributed by atoms with van der Waals surface area (Å²) < 4.78 is 6.45. The maximum absolute atomic E-state index is 11.8. The normalized spacial score (nSPS) is 10.2. The highest BCUT2D eigenvalue weighted by Crippen LogP contribution is 2.23. The molecule has 0 saturated heterocycles. The molecule has 0 unspecified atom stereocenters. The summed E-state index contributed by atoms with van der Waals surface area (Å²) in [5.74, 6) is 0.162. The van der Waals surface area contributed by atoms with E-state index in [1.807, 2.05) is 18.2 Å². The highest BCUT2D eigenvalue weighted by Gasteiger charge is 2.11. The largest absolute Gasteiger partial charge is 0.451 e. The molecule has 19 heavy (non-hydrogen) atoms. The summed E-state index contributed by atoms with van der Waals surface area (Å²) >= 11 is 3.38. The molecule has 1 amide bonds. The van der Waals surface area contributed by atoms with Gasteiger partial charge < -0.3 is 15.5 Å². The van der Waals surface area contributed by atoms with Gasteiger partial charge in [0.15, 0.2) is 5.76 Å². The molecule has 6 heteroatoms. The minimum Gasteiger partial charge on any atom is -0.451 e. The summed E-state index contributed by atoms with van der Waals surface area (Å²) in [6.45, 7) is 1.27. The molecule has 0 aliphatic carbocycles. The number of rotatable bonds is 5. The van der Waals surface area contributed by atoms with Crippen molar-refractivity contribution in [2.45, 2.75) is 12.8 Å². The lowest BCUT2D eigenvalue weighted by Crippen LogP contribution is -2.24. The van der Waals surface area contributed by atoms with Crippen LogP contribution in [0.2, 0.25) is 0 Å². The van der Waals surface area contributed by atoms with E-state index in [-0.39, 0.29) is 18.3 Å². The molecule has 104 valence electrons. The molecule has 2 aromatic rings.